The lowest BCUT2D eigenvalue weighted by molar-refractivity contribution is -0.157. The minimum Gasteiger partial charge on any atom is -0.477 e. The van der Waals surface area contributed by atoms with Gasteiger partial charge in [-0.05, 0) is 6.42 Å². The first-order valence-corrected chi connectivity index (χ1v) is 10.5. The standard InChI is InChI=1S/C18H21N3O4S2/c1-2-11(22)12-15(23)21-13(17(24)25)18(27-16(12)21)26-9-8-20-14(19)10-6-4-3-5-7-10/h3-7,11-12,16,22H,2,8-9H2,1H3,(H2,19,20)(H,24,25)/t11-,12+,16+/m0/s1. The lowest BCUT2D eigenvalue weighted by Crippen LogP contribution is -2.61. The van der Waals surface area contributed by atoms with Crippen LogP contribution >= 0.6 is 23.5 Å². The van der Waals surface area contributed by atoms with Crippen molar-refractivity contribution in [3.05, 3.63) is 45.8 Å². The number of amides is 1. The molecule has 1 aromatic rings. The molecule has 4 N–H and O–H groups in total. The maximum Gasteiger partial charge on any atom is 0.354 e. The molecule has 27 heavy (non-hydrogen) atoms. The molecule has 2 aliphatic rings. The molecule has 3 atom stereocenters. The predicted molar refractivity (Wildman–Crippen MR) is 107 cm³/mol. The number of hydrogen-bond acceptors (Lipinski definition) is 6. The number of fused-ring (bicyclic) bond motifs is 1. The van der Waals surface area contributed by atoms with E-state index >= 15 is 0 Å². The number of carboxylic acid groups (broad SMARTS) is 1. The zero-order valence-electron chi connectivity index (χ0n) is 14.7. The number of nitrogens with zero attached hydrogens (tertiary/aromatic N) is 2. The van der Waals surface area contributed by atoms with Gasteiger partial charge in [0.05, 0.1) is 22.8 Å². The van der Waals surface area contributed by atoms with Crippen LogP contribution in [0.15, 0.2) is 45.3 Å². The SMILES string of the molecule is CC[C@H](O)[C@@H]1C(=O)N2C(C(=O)O)=C(SCCN=C(N)c3ccccc3)S[C@H]12. The molecule has 3 rings (SSSR count). The lowest BCUT2D eigenvalue weighted by Gasteiger charge is -2.44. The maximum absolute atomic E-state index is 12.3. The summed E-state index contributed by atoms with van der Waals surface area (Å²) in [5.74, 6) is -1.01. The van der Waals surface area contributed by atoms with Gasteiger partial charge in [0.1, 0.15) is 11.2 Å². The highest BCUT2D eigenvalue weighted by Gasteiger charge is 2.58. The summed E-state index contributed by atoms with van der Waals surface area (Å²) in [6.45, 7) is 2.23. The van der Waals surface area contributed by atoms with Crippen LogP contribution in [-0.2, 0) is 9.59 Å². The van der Waals surface area contributed by atoms with E-state index in [1.54, 1.807) is 6.92 Å². The van der Waals surface area contributed by atoms with Gasteiger partial charge in [-0.25, -0.2) is 4.79 Å². The highest BCUT2D eigenvalue weighted by molar-refractivity contribution is 8.22. The second-order valence-electron chi connectivity index (χ2n) is 6.14. The van der Waals surface area contributed by atoms with Crippen LogP contribution in [0.1, 0.15) is 18.9 Å². The average molecular weight is 408 g/mol. The molecule has 2 heterocycles. The van der Waals surface area contributed by atoms with Gasteiger partial charge in [0.25, 0.3) is 0 Å². The van der Waals surface area contributed by atoms with Gasteiger partial charge in [-0.2, -0.15) is 0 Å². The Morgan fingerprint density at radius 1 is 1.41 bits per heavy atom. The van der Waals surface area contributed by atoms with Gasteiger partial charge in [0.15, 0.2) is 5.70 Å². The van der Waals surface area contributed by atoms with Gasteiger partial charge < -0.3 is 15.9 Å². The number of aliphatic imine (C=N–C) groups is 1. The number of benzene rings is 1. The fraction of sp³-hybridized carbons (Fsp3) is 0.389. The number of carbonyl (C=O) groups is 2. The summed E-state index contributed by atoms with van der Waals surface area (Å²) >= 11 is 2.69. The Morgan fingerprint density at radius 2 is 2.11 bits per heavy atom. The number of aliphatic hydroxyl groups is 1. The summed E-state index contributed by atoms with van der Waals surface area (Å²) in [6, 6.07) is 9.42. The quantitative estimate of drug-likeness (QED) is 0.260. The third kappa shape index (κ3) is 3.85. The van der Waals surface area contributed by atoms with Gasteiger partial charge in [-0.15, -0.1) is 11.8 Å². The molecule has 1 amide bonds. The monoisotopic (exact) mass is 407 g/mol. The van der Waals surface area contributed by atoms with Crippen LogP contribution in [0.2, 0.25) is 0 Å². The van der Waals surface area contributed by atoms with Crippen LogP contribution < -0.4 is 5.73 Å². The van der Waals surface area contributed by atoms with E-state index in [-0.39, 0.29) is 17.0 Å². The topological polar surface area (TPSA) is 116 Å². The first kappa shape index (κ1) is 19.8. The molecule has 0 spiro atoms. The number of aliphatic carboxylic acids is 1. The average Bonchev–Trinajstić information content (AvgIpc) is 3.00. The number of thioether (sulfide) groups is 2. The Balaban J connectivity index is 1.63. The Labute approximate surface area is 165 Å². The van der Waals surface area contributed by atoms with Crippen molar-refractivity contribution >= 4 is 41.2 Å². The number of carbonyl (C=O) groups excluding carboxylic acids is 1. The van der Waals surface area contributed by atoms with E-state index in [1.165, 1.54) is 28.4 Å². The molecule has 0 aliphatic carbocycles. The van der Waals surface area contributed by atoms with Crippen molar-refractivity contribution in [1.29, 1.82) is 0 Å². The van der Waals surface area contributed by atoms with Crippen LogP contribution in [0.25, 0.3) is 0 Å². The van der Waals surface area contributed by atoms with E-state index in [0.29, 0.717) is 28.8 Å². The van der Waals surface area contributed by atoms with Crippen molar-refractivity contribution in [1.82, 2.24) is 4.90 Å². The number of β-lactam (4-membered cyclic amide) rings is 1. The highest BCUT2D eigenvalue weighted by atomic mass is 32.2. The van der Waals surface area contributed by atoms with Crippen LogP contribution in [0, 0.1) is 5.92 Å². The van der Waals surface area contributed by atoms with E-state index in [1.807, 2.05) is 30.3 Å². The third-order valence-electron chi connectivity index (χ3n) is 4.46. The highest BCUT2D eigenvalue weighted by Crippen LogP contribution is 2.53. The zero-order valence-corrected chi connectivity index (χ0v) is 16.4. The largest absolute Gasteiger partial charge is 0.477 e. The third-order valence-corrected chi connectivity index (χ3v) is 7.10. The summed E-state index contributed by atoms with van der Waals surface area (Å²) in [7, 11) is 0. The van der Waals surface area contributed by atoms with Gasteiger partial charge in [-0.3, -0.25) is 14.7 Å². The van der Waals surface area contributed by atoms with Gasteiger partial charge in [-0.1, -0.05) is 49.0 Å². The second-order valence-corrected chi connectivity index (χ2v) is 8.63. The molecule has 0 bridgehead atoms. The molecule has 1 fully saturated rings. The van der Waals surface area contributed by atoms with E-state index in [2.05, 4.69) is 4.99 Å². The Hall–Kier alpha value is -1.97. The first-order chi connectivity index (χ1) is 13.0. The molecule has 0 aromatic heterocycles. The Kier molecular flexibility index (Phi) is 6.13. The second kappa shape index (κ2) is 8.37. The summed E-state index contributed by atoms with van der Waals surface area (Å²) in [6.07, 6.45) is -0.291. The molecule has 2 aliphatic heterocycles. The number of aliphatic hydroxyl groups excluding tert-OH is 1. The molecule has 7 nitrogen and oxygen atoms in total. The van der Waals surface area contributed by atoms with E-state index in [0.717, 1.165) is 5.56 Å². The smallest absolute Gasteiger partial charge is 0.354 e. The lowest BCUT2D eigenvalue weighted by atomic mass is 9.90. The van der Waals surface area contributed by atoms with Crippen LogP contribution in [-0.4, -0.2) is 56.6 Å². The van der Waals surface area contributed by atoms with Crippen molar-refractivity contribution < 1.29 is 19.8 Å². The molecule has 0 unspecified atom stereocenters. The zero-order chi connectivity index (χ0) is 19.6. The number of nitrogens with two attached hydrogens (primary N) is 1. The molecule has 0 radical (unpaired) electrons. The minimum absolute atomic E-state index is 0.0135. The van der Waals surface area contributed by atoms with Crippen molar-refractivity contribution in [2.75, 3.05) is 12.3 Å². The van der Waals surface area contributed by atoms with Crippen molar-refractivity contribution in [2.24, 2.45) is 16.6 Å². The minimum atomic E-state index is -1.13. The number of hydrogen-bond donors (Lipinski definition) is 3. The van der Waals surface area contributed by atoms with Gasteiger partial charge >= 0.3 is 5.97 Å². The fourth-order valence-corrected chi connectivity index (χ4v) is 5.80. The molecular formula is C18H21N3O4S2. The number of rotatable bonds is 8. The first-order valence-electron chi connectivity index (χ1n) is 8.59. The molecule has 144 valence electrons. The van der Waals surface area contributed by atoms with Crippen molar-refractivity contribution in [3.63, 3.8) is 0 Å². The van der Waals surface area contributed by atoms with Gasteiger partial charge in [0.2, 0.25) is 5.91 Å². The van der Waals surface area contributed by atoms with Crippen molar-refractivity contribution in [3.8, 4) is 0 Å². The molecular weight excluding hydrogens is 386 g/mol. The molecule has 9 heteroatoms. The van der Waals surface area contributed by atoms with E-state index in [9.17, 15) is 19.8 Å². The summed E-state index contributed by atoms with van der Waals surface area (Å²) in [4.78, 5) is 29.5. The predicted octanol–water partition coefficient (Wildman–Crippen LogP) is 1.68. The summed E-state index contributed by atoms with van der Waals surface area (Å²) in [5, 5.41) is 19.2. The fourth-order valence-electron chi connectivity index (χ4n) is 3.02. The van der Waals surface area contributed by atoms with Crippen LogP contribution in [0.4, 0.5) is 0 Å². The van der Waals surface area contributed by atoms with E-state index in [4.69, 9.17) is 5.73 Å². The maximum atomic E-state index is 12.3. The van der Waals surface area contributed by atoms with Crippen LogP contribution in [0.3, 0.4) is 0 Å². The normalized spacial score (nSPS) is 23.3. The Bertz CT molecular complexity index is 797. The summed E-state index contributed by atoms with van der Waals surface area (Å²) in [5.41, 5.74) is 6.81. The molecule has 1 aromatic carbocycles. The van der Waals surface area contributed by atoms with Gasteiger partial charge in [0, 0.05) is 11.3 Å². The molecule has 1 saturated heterocycles. The van der Waals surface area contributed by atoms with Crippen molar-refractivity contribution in [2.45, 2.75) is 24.8 Å². The van der Waals surface area contributed by atoms with E-state index < -0.39 is 18.0 Å². The molecule has 0 saturated carbocycles. The number of amidine groups is 1. The number of carboxylic acids is 1. The van der Waals surface area contributed by atoms with Crippen LogP contribution in [0.5, 0.6) is 0 Å². The Morgan fingerprint density at radius 3 is 2.74 bits per heavy atom. The summed E-state index contributed by atoms with van der Waals surface area (Å²) < 4.78 is 0.583.